The Morgan fingerprint density at radius 1 is 0.923 bits per heavy atom. The fourth-order valence-corrected chi connectivity index (χ4v) is 2.76. The molecule has 1 rings (SSSR count). The van der Waals surface area contributed by atoms with Crippen molar-refractivity contribution in [2.24, 2.45) is 0 Å². The number of aliphatic hydroxyl groups is 4. The molecule has 5 unspecified atom stereocenters. The van der Waals surface area contributed by atoms with Crippen molar-refractivity contribution in [3.05, 3.63) is 12.2 Å². The number of ether oxygens (including phenoxy) is 2. The number of unbranched alkanes of at least 4 members (excludes halogenated alkanes) is 5. The van der Waals surface area contributed by atoms with Gasteiger partial charge < -0.3 is 35.0 Å². The van der Waals surface area contributed by atoms with Gasteiger partial charge in [-0.1, -0.05) is 31.4 Å². The van der Waals surface area contributed by atoms with E-state index < -0.39 is 43.3 Å². The van der Waals surface area contributed by atoms with Crippen molar-refractivity contribution in [3.63, 3.8) is 0 Å². The van der Waals surface area contributed by atoms with E-state index in [1.165, 1.54) is 0 Å². The van der Waals surface area contributed by atoms with Gasteiger partial charge >= 0.3 is 5.97 Å². The highest BCUT2D eigenvalue weighted by molar-refractivity contribution is 5.66. The molecule has 0 bridgehead atoms. The van der Waals surface area contributed by atoms with E-state index in [0.717, 1.165) is 38.5 Å². The van der Waals surface area contributed by atoms with Crippen LogP contribution in [-0.2, 0) is 14.3 Å². The summed E-state index contributed by atoms with van der Waals surface area (Å²) in [6, 6.07) is 0. The average molecular weight is 376 g/mol. The maximum atomic E-state index is 10.4. The quantitative estimate of drug-likeness (QED) is 0.232. The van der Waals surface area contributed by atoms with Crippen molar-refractivity contribution in [1.29, 1.82) is 0 Å². The average Bonchev–Trinajstić information content (AvgIpc) is 2.62. The number of aliphatic carboxylic acids is 1. The normalized spacial score (nSPS) is 29.3. The van der Waals surface area contributed by atoms with Crippen LogP contribution < -0.4 is 0 Å². The number of hydrogen-bond donors (Lipinski definition) is 5. The summed E-state index contributed by atoms with van der Waals surface area (Å²) < 4.78 is 10.6. The molecule has 0 saturated carbocycles. The Morgan fingerprint density at radius 2 is 1.58 bits per heavy atom. The zero-order valence-corrected chi connectivity index (χ0v) is 15.1. The molecule has 1 heterocycles. The Kier molecular flexibility index (Phi) is 11.7. The largest absolute Gasteiger partial charge is 0.481 e. The van der Waals surface area contributed by atoms with E-state index in [9.17, 15) is 20.1 Å². The van der Waals surface area contributed by atoms with Gasteiger partial charge in [0.1, 0.15) is 24.4 Å². The van der Waals surface area contributed by atoms with Crippen molar-refractivity contribution >= 4 is 5.97 Å². The van der Waals surface area contributed by atoms with Crippen molar-refractivity contribution in [1.82, 2.24) is 0 Å². The number of carboxylic acids is 1. The predicted molar refractivity (Wildman–Crippen MR) is 93.4 cm³/mol. The topological polar surface area (TPSA) is 137 Å². The predicted octanol–water partition coefficient (Wildman–Crippen LogP) is 0.564. The second kappa shape index (κ2) is 13.2. The van der Waals surface area contributed by atoms with Gasteiger partial charge in [0.2, 0.25) is 0 Å². The van der Waals surface area contributed by atoms with E-state index in [4.69, 9.17) is 19.7 Å². The molecule has 8 nitrogen and oxygen atoms in total. The van der Waals surface area contributed by atoms with Crippen LogP contribution in [-0.4, -0.2) is 75.4 Å². The molecule has 1 fully saturated rings. The number of carboxylic acid groups (broad SMARTS) is 1. The molecule has 0 aromatic carbocycles. The summed E-state index contributed by atoms with van der Waals surface area (Å²) in [5.41, 5.74) is 0. The van der Waals surface area contributed by atoms with Gasteiger partial charge in [-0.2, -0.15) is 0 Å². The van der Waals surface area contributed by atoms with Gasteiger partial charge in [0, 0.05) is 6.42 Å². The van der Waals surface area contributed by atoms with E-state index >= 15 is 0 Å². The molecule has 8 heteroatoms. The Morgan fingerprint density at radius 3 is 2.27 bits per heavy atom. The van der Waals surface area contributed by atoms with Crippen molar-refractivity contribution in [2.45, 2.75) is 82.1 Å². The van der Waals surface area contributed by atoms with Crippen LogP contribution in [0.25, 0.3) is 0 Å². The summed E-state index contributed by atoms with van der Waals surface area (Å²) >= 11 is 0. The zero-order valence-electron chi connectivity index (χ0n) is 15.1. The highest BCUT2D eigenvalue weighted by Gasteiger charge is 2.43. The van der Waals surface area contributed by atoms with Gasteiger partial charge in [-0.05, 0) is 25.7 Å². The summed E-state index contributed by atoms with van der Waals surface area (Å²) in [5, 5.41) is 46.8. The lowest BCUT2D eigenvalue weighted by atomic mass is 9.99. The molecule has 152 valence electrons. The molecular formula is C18H32O8. The van der Waals surface area contributed by atoms with Crippen molar-refractivity contribution in [3.8, 4) is 0 Å². The van der Waals surface area contributed by atoms with Crippen molar-refractivity contribution in [2.75, 3.05) is 13.2 Å². The zero-order chi connectivity index (χ0) is 19.4. The first-order chi connectivity index (χ1) is 12.5. The molecule has 0 aliphatic carbocycles. The number of aliphatic hydroxyl groups excluding tert-OH is 4. The van der Waals surface area contributed by atoms with Crippen LogP contribution in [0.15, 0.2) is 12.2 Å². The molecule has 0 spiro atoms. The molecule has 5 atom stereocenters. The minimum absolute atomic E-state index is 0.244. The number of hydrogen-bond acceptors (Lipinski definition) is 7. The molecular weight excluding hydrogens is 344 g/mol. The van der Waals surface area contributed by atoms with Gasteiger partial charge in [-0.25, -0.2) is 0 Å². The molecule has 26 heavy (non-hydrogen) atoms. The van der Waals surface area contributed by atoms with Gasteiger partial charge in [0.25, 0.3) is 0 Å². The lowest BCUT2D eigenvalue weighted by molar-refractivity contribution is -0.300. The first kappa shape index (κ1) is 23.0. The van der Waals surface area contributed by atoms with Gasteiger partial charge in [-0.3, -0.25) is 4.79 Å². The number of allylic oxidation sites excluding steroid dienone is 1. The smallest absolute Gasteiger partial charge is 0.303 e. The maximum absolute atomic E-state index is 10.4. The fourth-order valence-electron chi connectivity index (χ4n) is 2.76. The van der Waals surface area contributed by atoms with E-state index in [1.54, 1.807) is 0 Å². The lowest BCUT2D eigenvalue weighted by Gasteiger charge is -2.39. The second-order valence-corrected chi connectivity index (χ2v) is 6.53. The van der Waals surface area contributed by atoms with E-state index in [1.807, 2.05) is 12.2 Å². The Hall–Kier alpha value is -1.03. The van der Waals surface area contributed by atoms with Crippen LogP contribution >= 0.6 is 0 Å². The Labute approximate surface area is 154 Å². The molecule has 0 aromatic rings. The first-order valence-corrected chi connectivity index (χ1v) is 9.26. The molecule has 0 radical (unpaired) electrons. The monoisotopic (exact) mass is 376 g/mol. The first-order valence-electron chi connectivity index (χ1n) is 9.26. The fraction of sp³-hybridized carbons (Fsp3) is 0.833. The third-order valence-corrected chi connectivity index (χ3v) is 4.34. The Balaban J connectivity index is 2.05. The van der Waals surface area contributed by atoms with Crippen molar-refractivity contribution < 1.29 is 39.8 Å². The minimum atomic E-state index is -1.42. The maximum Gasteiger partial charge on any atom is 0.303 e. The van der Waals surface area contributed by atoms with Crippen LogP contribution in [0.5, 0.6) is 0 Å². The van der Waals surface area contributed by atoms with Crippen LogP contribution in [0.4, 0.5) is 0 Å². The second-order valence-electron chi connectivity index (χ2n) is 6.53. The van der Waals surface area contributed by atoms with Crippen LogP contribution in [0, 0.1) is 0 Å². The highest BCUT2D eigenvalue weighted by Crippen LogP contribution is 2.22. The summed E-state index contributed by atoms with van der Waals surface area (Å²) in [5.74, 6) is -0.737. The van der Waals surface area contributed by atoms with Crippen LogP contribution in [0.3, 0.4) is 0 Å². The summed E-state index contributed by atoms with van der Waals surface area (Å²) in [7, 11) is 0. The van der Waals surface area contributed by atoms with Gasteiger partial charge in [-0.15, -0.1) is 0 Å². The summed E-state index contributed by atoms with van der Waals surface area (Å²) in [6.07, 6.45) is 4.49. The highest BCUT2D eigenvalue weighted by atomic mass is 16.7. The number of carbonyl (C=O) groups is 1. The number of rotatable bonds is 13. The molecule has 0 amide bonds. The third-order valence-electron chi connectivity index (χ3n) is 4.34. The van der Waals surface area contributed by atoms with Gasteiger partial charge in [0.15, 0.2) is 6.29 Å². The van der Waals surface area contributed by atoms with E-state index in [0.29, 0.717) is 6.42 Å². The standard InChI is InChI=1S/C18H32O8/c19-12-13-15(22)16(23)17(24)18(26-13)25-11-9-7-5-3-1-2-4-6-8-10-14(20)21/h5,7,13,15-19,22-24H,1-4,6,8-12H2,(H,20,21). The van der Waals surface area contributed by atoms with E-state index in [-0.39, 0.29) is 13.0 Å². The van der Waals surface area contributed by atoms with Crippen LogP contribution in [0.2, 0.25) is 0 Å². The lowest BCUT2D eigenvalue weighted by Crippen LogP contribution is -2.59. The summed E-state index contributed by atoms with van der Waals surface area (Å²) in [6.45, 7) is -0.185. The SMILES string of the molecule is O=C(O)CCCCCCCC=CCCOC1OC(CO)C(O)C(O)C1O. The molecule has 1 saturated heterocycles. The molecule has 1 aliphatic rings. The third kappa shape index (κ3) is 8.57. The summed E-state index contributed by atoms with van der Waals surface area (Å²) in [4.78, 5) is 10.4. The van der Waals surface area contributed by atoms with Crippen LogP contribution in [0.1, 0.15) is 51.4 Å². The minimum Gasteiger partial charge on any atom is -0.481 e. The molecule has 5 N–H and O–H groups in total. The van der Waals surface area contributed by atoms with E-state index in [2.05, 4.69) is 0 Å². The molecule has 0 aromatic heterocycles. The molecule has 1 aliphatic heterocycles. The van der Waals surface area contributed by atoms with Gasteiger partial charge in [0.05, 0.1) is 13.2 Å². The Bertz CT molecular complexity index is 412.